The van der Waals surface area contributed by atoms with E-state index < -0.39 is 24.9 Å². The average molecular weight is 327 g/mol. The van der Waals surface area contributed by atoms with Crippen molar-refractivity contribution in [3.05, 3.63) is 15.9 Å². The Balaban J connectivity index is 1.94. The average Bonchev–Trinajstić information content (AvgIpc) is 2.86. The summed E-state index contributed by atoms with van der Waals surface area (Å²) in [6.07, 6.45) is 1.68. The summed E-state index contributed by atoms with van der Waals surface area (Å²) >= 11 is 0.584. The molecule has 1 aliphatic heterocycles. The third-order valence-corrected chi connectivity index (χ3v) is 7.34. The molecule has 2 rings (SSSR count). The zero-order valence-electron chi connectivity index (χ0n) is 9.83. The molecule has 1 aromatic rings. The molecule has 2 N–H and O–H groups in total. The van der Waals surface area contributed by atoms with Gasteiger partial charge in [-0.3, -0.25) is 4.79 Å². The highest BCUT2D eigenvalue weighted by atomic mass is 32.2. The summed E-state index contributed by atoms with van der Waals surface area (Å²) < 4.78 is 49.9. The van der Waals surface area contributed by atoms with Crippen molar-refractivity contribution in [1.29, 1.82) is 0 Å². The molecular weight excluding hydrogens is 314 g/mol. The number of thiazole rings is 1. The molecule has 0 saturated carbocycles. The highest BCUT2D eigenvalue weighted by Crippen LogP contribution is 2.13. The Bertz CT molecular complexity index is 702. The molecule has 11 heteroatoms. The van der Waals surface area contributed by atoms with Crippen LogP contribution in [0.25, 0.3) is 0 Å². The van der Waals surface area contributed by atoms with Gasteiger partial charge in [0, 0.05) is 25.8 Å². The summed E-state index contributed by atoms with van der Waals surface area (Å²) in [4.78, 5) is 12.7. The fourth-order valence-corrected chi connectivity index (χ4v) is 5.23. The van der Waals surface area contributed by atoms with Crippen molar-refractivity contribution in [3.63, 3.8) is 0 Å². The quantitative estimate of drug-likeness (QED) is 0.701. The second-order valence-corrected chi connectivity index (χ2v) is 9.06. The molecule has 108 valence electrons. The summed E-state index contributed by atoms with van der Waals surface area (Å²) in [5.74, 6) is 0.110. The van der Waals surface area contributed by atoms with Crippen LogP contribution in [0.3, 0.4) is 0 Å². The van der Waals surface area contributed by atoms with E-state index in [9.17, 15) is 21.6 Å². The Morgan fingerprint density at radius 1 is 1.47 bits per heavy atom. The van der Waals surface area contributed by atoms with Crippen molar-refractivity contribution in [2.24, 2.45) is 0 Å². The first-order chi connectivity index (χ1) is 8.81. The topological polar surface area (TPSA) is 116 Å². The van der Waals surface area contributed by atoms with Gasteiger partial charge in [-0.25, -0.2) is 25.9 Å². The first kappa shape index (κ1) is 14.7. The van der Waals surface area contributed by atoms with Crippen LogP contribution in [0.2, 0.25) is 0 Å². The number of sulfonamides is 2. The number of hydrogen-bond acceptors (Lipinski definition) is 6. The number of aromatic nitrogens is 1. The van der Waals surface area contributed by atoms with Crippen LogP contribution in [-0.2, 0) is 20.0 Å². The number of nitrogens with zero attached hydrogens (tertiary/aromatic N) is 1. The fraction of sp³-hybridized carbons (Fsp3) is 0.625. The second kappa shape index (κ2) is 5.32. The molecule has 0 amide bonds. The Kier molecular flexibility index (Phi) is 4.11. The zero-order chi connectivity index (χ0) is 14.1. The second-order valence-electron chi connectivity index (χ2n) is 3.96. The Labute approximate surface area is 114 Å². The van der Waals surface area contributed by atoms with E-state index in [1.54, 1.807) is 0 Å². The van der Waals surface area contributed by atoms with E-state index in [1.165, 1.54) is 4.31 Å². The van der Waals surface area contributed by atoms with Crippen LogP contribution in [0.4, 0.5) is 0 Å². The van der Waals surface area contributed by atoms with Crippen molar-refractivity contribution in [3.8, 4) is 0 Å². The van der Waals surface area contributed by atoms with Crippen LogP contribution >= 0.6 is 11.3 Å². The van der Waals surface area contributed by atoms with Crippen molar-refractivity contribution in [1.82, 2.24) is 14.0 Å². The maximum Gasteiger partial charge on any atom is 0.305 e. The molecule has 8 nitrogen and oxygen atoms in total. The summed E-state index contributed by atoms with van der Waals surface area (Å²) in [5, 5.41) is 0. The smallest absolute Gasteiger partial charge is 0.305 e. The molecule has 0 radical (unpaired) electrons. The van der Waals surface area contributed by atoms with Crippen LogP contribution in [-0.4, -0.2) is 51.5 Å². The minimum Gasteiger partial charge on any atom is -0.318 e. The lowest BCUT2D eigenvalue weighted by Gasteiger charge is -2.14. The Hall–Kier alpha value is -0.750. The largest absolute Gasteiger partial charge is 0.318 e. The van der Waals surface area contributed by atoms with E-state index in [-0.39, 0.29) is 23.1 Å². The lowest BCUT2D eigenvalue weighted by molar-refractivity contribution is 0.445. The van der Waals surface area contributed by atoms with E-state index in [0.29, 0.717) is 24.3 Å². The predicted molar refractivity (Wildman–Crippen MR) is 70.1 cm³/mol. The van der Waals surface area contributed by atoms with Crippen LogP contribution in [0.5, 0.6) is 0 Å². The van der Waals surface area contributed by atoms with Crippen molar-refractivity contribution in [2.45, 2.75) is 10.6 Å². The van der Waals surface area contributed by atoms with Gasteiger partial charge in [0.05, 0.1) is 5.75 Å². The SMILES string of the molecule is O=c1[nH]cc(S(=O)(=O)NCCN2CCCS2(=O)=O)s1. The third kappa shape index (κ3) is 3.42. The van der Waals surface area contributed by atoms with Gasteiger partial charge in [-0.2, -0.15) is 0 Å². The molecule has 2 heterocycles. The first-order valence-electron chi connectivity index (χ1n) is 5.47. The molecule has 0 aliphatic carbocycles. The minimum absolute atomic E-state index is 0.0202. The van der Waals surface area contributed by atoms with E-state index in [2.05, 4.69) is 9.71 Å². The van der Waals surface area contributed by atoms with E-state index in [0.717, 1.165) is 6.20 Å². The van der Waals surface area contributed by atoms with Crippen LogP contribution in [0.1, 0.15) is 6.42 Å². The highest BCUT2D eigenvalue weighted by Gasteiger charge is 2.28. The monoisotopic (exact) mass is 327 g/mol. The molecule has 19 heavy (non-hydrogen) atoms. The summed E-state index contributed by atoms with van der Waals surface area (Å²) in [6, 6.07) is 0. The Morgan fingerprint density at radius 2 is 2.21 bits per heavy atom. The van der Waals surface area contributed by atoms with Gasteiger partial charge in [-0.05, 0) is 6.42 Å². The molecule has 0 aromatic carbocycles. The van der Waals surface area contributed by atoms with Gasteiger partial charge in [0.25, 0.3) is 10.0 Å². The zero-order valence-corrected chi connectivity index (χ0v) is 12.3. The van der Waals surface area contributed by atoms with Crippen molar-refractivity contribution < 1.29 is 16.8 Å². The summed E-state index contributed by atoms with van der Waals surface area (Å²) in [5.41, 5.74) is 0. The Morgan fingerprint density at radius 3 is 2.74 bits per heavy atom. The fourth-order valence-electron chi connectivity index (χ4n) is 1.72. The van der Waals surface area contributed by atoms with Gasteiger partial charge in [0.1, 0.15) is 0 Å². The molecule has 0 unspecified atom stereocenters. The maximum absolute atomic E-state index is 11.8. The molecule has 1 aliphatic rings. The van der Waals surface area contributed by atoms with Crippen molar-refractivity contribution >= 4 is 31.4 Å². The molecule has 0 atom stereocenters. The standard InChI is InChI=1S/C8H13N3O5S3/c12-8-9-6-7(17-8)19(15,16)10-2-4-11-3-1-5-18(11,13)14/h6,10H,1-5H2,(H,9,12). The highest BCUT2D eigenvalue weighted by molar-refractivity contribution is 7.91. The number of nitrogens with one attached hydrogen (secondary N) is 2. The predicted octanol–water partition coefficient (Wildman–Crippen LogP) is -1.25. The molecule has 0 spiro atoms. The number of aromatic amines is 1. The maximum atomic E-state index is 11.8. The molecule has 1 aromatic heterocycles. The third-order valence-electron chi connectivity index (χ3n) is 2.62. The van der Waals surface area contributed by atoms with Gasteiger partial charge >= 0.3 is 4.87 Å². The number of hydrogen-bond donors (Lipinski definition) is 2. The lowest BCUT2D eigenvalue weighted by Crippen LogP contribution is -2.35. The van der Waals surface area contributed by atoms with Gasteiger partial charge in [0.15, 0.2) is 4.21 Å². The normalized spacial score (nSPS) is 19.8. The molecule has 1 fully saturated rings. The first-order valence-corrected chi connectivity index (χ1v) is 9.38. The van der Waals surface area contributed by atoms with Crippen LogP contribution in [0.15, 0.2) is 15.2 Å². The van der Waals surface area contributed by atoms with Crippen molar-refractivity contribution in [2.75, 3.05) is 25.4 Å². The molecule has 0 bridgehead atoms. The molecule has 1 saturated heterocycles. The minimum atomic E-state index is -3.75. The van der Waals surface area contributed by atoms with Gasteiger partial charge < -0.3 is 4.98 Å². The number of rotatable bonds is 5. The van der Waals surface area contributed by atoms with Crippen LogP contribution in [0, 0.1) is 0 Å². The summed E-state index contributed by atoms with van der Waals surface area (Å²) in [6.45, 7) is 0.496. The van der Waals surface area contributed by atoms with E-state index in [1.807, 2.05) is 0 Å². The number of H-pyrrole nitrogens is 1. The van der Waals surface area contributed by atoms with Gasteiger partial charge in [0.2, 0.25) is 10.0 Å². The van der Waals surface area contributed by atoms with E-state index >= 15 is 0 Å². The molecular formula is C8H13N3O5S3. The summed E-state index contributed by atoms with van der Waals surface area (Å²) in [7, 11) is -6.97. The lowest BCUT2D eigenvalue weighted by atomic mass is 10.5. The van der Waals surface area contributed by atoms with Crippen LogP contribution < -0.4 is 9.60 Å². The van der Waals surface area contributed by atoms with Gasteiger partial charge in [-0.15, -0.1) is 0 Å². The van der Waals surface area contributed by atoms with Gasteiger partial charge in [-0.1, -0.05) is 11.3 Å². The van der Waals surface area contributed by atoms with E-state index in [4.69, 9.17) is 0 Å².